The van der Waals surface area contributed by atoms with Crippen LogP contribution in [0.3, 0.4) is 0 Å². The molecular formula is C15H13O7PW. The second-order valence-corrected chi connectivity index (χ2v) is 4.08. The third-order valence-electron chi connectivity index (χ3n) is 2.03. The van der Waals surface area contributed by atoms with E-state index >= 15 is 0 Å². The van der Waals surface area contributed by atoms with Crippen molar-refractivity contribution in [3.8, 4) is 5.48 Å². The van der Waals surface area contributed by atoms with Crippen LogP contribution < -0.4 is 4.74 Å². The Hall–Kier alpha value is -1.20. The first kappa shape index (κ1) is 34.2. The Balaban J connectivity index is -0.0000000950. The third-order valence-corrected chi connectivity index (χ3v) is 2.86. The van der Waals surface area contributed by atoms with Gasteiger partial charge in [-0.3, -0.25) is 0 Å². The van der Waals surface area contributed by atoms with Crippen molar-refractivity contribution in [3.05, 3.63) is 57.2 Å². The molecule has 1 unspecified atom stereocenters. The van der Waals surface area contributed by atoms with E-state index in [1.54, 1.807) is 0 Å². The van der Waals surface area contributed by atoms with Crippen molar-refractivity contribution < 1.29 is 53.8 Å². The van der Waals surface area contributed by atoms with Crippen molar-refractivity contribution >= 4 is 8.19 Å². The van der Waals surface area contributed by atoms with Crippen LogP contribution in [0, 0.1) is 33.3 Å². The van der Waals surface area contributed by atoms with Crippen molar-refractivity contribution in [2.75, 3.05) is 6.61 Å². The molecule has 0 spiro atoms. The zero-order valence-corrected chi connectivity index (χ0v) is 16.3. The van der Waals surface area contributed by atoms with E-state index in [0.29, 0.717) is 0 Å². The maximum atomic E-state index is 7.50. The Kier molecular flexibility index (Phi) is 53.8. The summed E-state index contributed by atoms with van der Waals surface area (Å²) in [4.78, 5) is 0. The van der Waals surface area contributed by atoms with E-state index in [1.165, 1.54) is 12.8 Å². The molecule has 7 nitrogen and oxygen atoms in total. The van der Waals surface area contributed by atoms with Gasteiger partial charge in [0.2, 0.25) is 0 Å². The fraction of sp³-hybridized carbons (Fsp3) is 0.333. The standard InChI is InChI=1S/C10H13O2P.5CO.W/c1-3-7-11-9(5-1)12-10-6-2-4-8-13-10;5*1-2;/h2,4,6,8-9H,1,3,5,7H2;;;;;;. The molecule has 1 atom stereocenters. The third kappa shape index (κ3) is 23.1. The molecule has 0 amide bonds. The van der Waals surface area contributed by atoms with Crippen molar-refractivity contribution in [1.82, 2.24) is 0 Å². The Morgan fingerprint density at radius 3 is 1.83 bits per heavy atom. The van der Waals surface area contributed by atoms with E-state index in [2.05, 4.69) is 39.0 Å². The summed E-state index contributed by atoms with van der Waals surface area (Å²) in [6.07, 6.45) is 3.40. The van der Waals surface area contributed by atoms with Crippen LogP contribution in [-0.4, -0.2) is 12.9 Å². The Morgan fingerprint density at radius 1 is 0.917 bits per heavy atom. The van der Waals surface area contributed by atoms with Gasteiger partial charge in [-0.15, -0.1) is 0 Å². The van der Waals surface area contributed by atoms with Gasteiger partial charge in [0.15, 0.2) is 6.29 Å². The average molecular weight is 520 g/mol. The smallest absolute Gasteiger partial charge is 0.200 e. The van der Waals surface area contributed by atoms with Crippen molar-refractivity contribution in [2.45, 2.75) is 25.6 Å². The molecule has 0 saturated carbocycles. The first-order valence-corrected chi connectivity index (χ1v) is 6.63. The summed E-state index contributed by atoms with van der Waals surface area (Å²) >= 11 is 0. The van der Waals surface area contributed by atoms with Crippen LogP contribution >= 0.6 is 8.19 Å². The van der Waals surface area contributed by atoms with E-state index < -0.39 is 0 Å². The average Bonchev–Trinajstić information content (AvgIpc) is 2.71. The van der Waals surface area contributed by atoms with Crippen LogP contribution in [0.5, 0.6) is 5.48 Å². The first-order chi connectivity index (χ1) is 11.4. The topological polar surface area (TPSA) is 118 Å². The minimum absolute atomic E-state index is 0. The zero-order chi connectivity index (χ0) is 18.9. The maximum absolute atomic E-state index is 7.50. The van der Waals surface area contributed by atoms with Gasteiger partial charge in [-0.25, -0.2) is 0 Å². The number of hydrogen-bond donors (Lipinski definition) is 0. The van der Waals surface area contributed by atoms with Gasteiger partial charge < -0.3 is 9.47 Å². The van der Waals surface area contributed by atoms with E-state index in [-0.39, 0.29) is 27.4 Å². The summed E-state index contributed by atoms with van der Waals surface area (Å²) in [6.45, 7) is 23.3. The van der Waals surface area contributed by atoms with Gasteiger partial charge in [0.05, 0.1) is 6.61 Å². The Morgan fingerprint density at radius 2 is 1.46 bits per heavy atom. The van der Waals surface area contributed by atoms with Crippen molar-refractivity contribution in [2.24, 2.45) is 0 Å². The minimum Gasteiger partial charge on any atom is -0.460 e. The van der Waals surface area contributed by atoms with Crippen LogP contribution in [0.25, 0.3) is 0 Å². The second-order valence-electron chi connectivity index (χ2n) is 3.08. The van der Waals surface area contributed by atoms with E-state index in [1.807, 2.05) is 18.2 Å². The van der Waals surface area contributed by atoms with Crippen LogP contribution in [0.4, 0.5) is 0 Å². The summed E-state index contributed by atoms with van der Waals surface area (Å²) in [7, 11) is 1.13. The fourth-order valence-electron chi connectivity index (χ4n) is 1.36. The van der Waals surface area contributed by atoms with Crippen molar-refractivity contribution in [3.63, 3.8) is 0 Å². The monoisotopic (exact) mass is 520 g/mol. The minimum atomic E-state index is -0.00704. The Labute approximate surface area is 157 Å². The summed E-state index contributed by atoms with van der Waals surface area (Å²) in [5, 5.41) is 0. The number of ether oxygens (including phenoxy) is 2. The molecule has 1 aliphatic rings. The van der Waals surface area contributed by atoms with Gasteiger partial charge in [0.1, 0.15) is 5.48 Å². The first-order valence-electron chi connectivity index (χ1n) is 5.66. The number of rotatable bonds is 2. The summed E-state index contributed by atoms with van der Waals surface area (Å²) in [6, 6.07) is 6.02. The fourth-order valence-corrected chi connectivity index (χ4v) is 2.04. The van der Waals surface area contributed by atoms with Gasteiger partial charge in [-0.1, -0.05) is 12.1 Å². The van der Waals surface area contributed by atoms with Crippen LogP contribution in [0.2, 0.25) is 0 Å². The molecule has 126 valence electrons. The van der Waals surface area contributed by atoms with Crippen molar-refractivity contribution in [1.29, 1.82) is 0 Å². The predicted molar refractivity (Wildman–Crippen MR) is 72.8 cm³/mol. The molecule has 2 heterocycles. The zero-order valence-electron chi connectivity index (χ0n) is 12.4. The quantitative estimate of drug-likeness (QED) is 0.441. The molecule has 1 fully saturated rings. The van der Waals surface area contributed by atoms with E-state index in [9.17, 15) is 0 Å². The maximum Gasteiger partial charge on any atom is 0.200 e. The van der Waals surface area contributed by atoms with Gasteiger partial charge >= 0.3 is 56.5 Å². The molecule has 0 N–H and O–H groups in total. The van der Waals surface area contributed by atoms with Gasteiger partial charge in [-0.05, 0) is 32.9 Å². The second kappa shape index (κ2) is 37.8. The van der Waals surface area contributed by atoms with Gasteiger partial charge in [0, 0.05) is 27.5 Å². The molecule has 1 aromatic rings. The molecule has 1 aromatic heterocycles. The molecular weight excluding hydrogens is 507 g/mol. The van der Waals surface area contributed by atoms with Gasteiger partial charge in [-0.2, -0.15) is 0 Å². The predicted octanol–water partition coefficient (Wildman–Crippen LogP) is 2.98. The van der Waals surface area contributed by atoms with Crippen LogP contribution in [-0.2, 0) is 49.1 Å². The molecule has 24 heavy (non-hydrogen) atoms. The van der Waals surface area contributed by atoms with E-state index in [0.717, 1.165) is 26.7 Å². The molecule has 1 aliphatic heterocycles. The summed E-state index contributed by atoms with van der Waals surface area (Å²) in [5.74, 6) is 2.07. The van der Waals surface area contributed by atoms with Crippen LogP contribution in [0.1, 0.15) is 19.3 Å². The summed E-state index contributed by atoms with van der Waals surface area (Å²) < 4.78 is 48.7. The van der Waals surface area contributed by atoms with Gasteiger partial charge in [0.25, 0.3) is 0 Å². The van der Waals surface area contributed by atoms with Crippen LogP contribution in [0.15, 0.2) is 24.0 Å². The molecule has 0 aromatic carbocycles. The molecule has 0 radical (unpaired) electrons. The largest absolute Gasteiger partial charge is 0.460 e. The normalized spacial score (nSPS) is 13.0. The molecule has 0 aliphatic carbocycles. The molecule has 2 rings (SSSR count). The molecule has 1 saturated heterocycles. The number of hydrogen-bond acceptors (Lipinski definition) is 2. The molecule has 0 bridgehead atoms. The SMILES string of the molecule is [C-]#[O+].[C-]#[O+].[C-]#[O+].[C-]#[O+].[C-]#[O+].[W].c1ccc(OC2CCCCO2)pc1. The molecule has 9 heteroatoms. The van der Waals surface area contributed by atoms with E-state index in [4.69, 9.17) is 32.7 Å². The summed E-state index contributed by atoms with van der Waals surface area (Å²) in [5.41, 5.74) is 0.995. The Bertz CT molecular complexity index is 402.